The minimum atomic E-state index is -0.186. The molecule has 1 rings (SSSR count). The third-order valence-electron chi connectivity index (χ3n) is 3.17. The molecule has 3 N–H and O–H groups in total. The van der Waals surface area contributed by atoms with E-state index >= 15 is 0 Å². The van der Waals surface area contributed by atoms with Crippen LogP contribution in [0.1, 0.15) is 24.5 Å². The molecular formula is C15H24ClN3O2. The maximum atomic E-state index is 12.1. The first kappa shape index (κ1) is 19.4. The topological polar surface area (TPSA) is 75.4 Å². The highest BCUT2D eigenvalue weighted by atomic mass is 35.5. The van der Waals surface area contributed by atoms with Crippen LogP contribution in [-0.4, -0.2) is 36.3 Å². The van der Waals surface area contributed by atoms with Crippen LogP contribution in [0.4, 0.5) is 5.69 Å². The van der Waals surface area contributed by atoms with Crippen LogP contribution in [0.3, 0.4) is 0 Å². The van der Waals surface area contributed by atoms with Crippen LogP contribution in [0.25, 0.3) is 0 Å². The van der Waals surface area contributed by atoms with Crippen LogP contribution in [0.5, 0.6) is 0 Å². The molecule has 6 heteroatoms. The molecule has 1 aromatic carbocycles. The van der Waals surface area contributed by atoms with Gasteiger partial charge >= 0.3 is 0 Å². The van der Waals surface area contributed by atoms with Crippen molar-refractivity contribution in [3.63, 3.8) is 0 Å². The molecule has 1 aromatic rings. The smallest absolute Gasteiger partial charge is 0.244 e. The molecular weight excluding hydrogens is 290 g/mol. The zero-order valence-corrected chi connectivity index (χ0v) is 13.6. The molecule has 0 unspecified atom stereocenters. The molecule has 2 amide bonds. The summed E-state index contributed by atoms with van der Waals surface area (Å²) in [5, 5.41) is 2.88. The average molecular weight is 314 g/mol. The molecule has 5 nitrogen and oxygen atoms in total. The van der Waals surface area contributed by atoms with E-state index < -0.39 is 0 Å². The zero-order chi connectivity index (χ0) is 15.1. The van der Waals surface area contributed by atoms with Crippen LogP contribution in [0, 0.1) is 13.8 Å². The highest BCUT2D eigenvalue weighted by Gasteiger charge is 2.15. The van der Waals surface area contributed by atoms with Crippen molar-refractivity contribution in [2.75, 3.05) is 25.0 Å². The Bertz CT molecular complexity index is 472. The Balaban J connectivity index is 0.00000400. The van der Waals surface area contributed by atoms with Crippen LogP contribution in [-0.2, 0) is 9.59 Å². The van der Waals surface area contributed by atoms with Gasteiger partial charge in [-0.15, -0.1) is 12.4 Å². The van der Waals surface area contributed by atoms with Crippen LogP contribution in [0.15, 0.2) is 18.2 Å². The second kappa shape index (κ2) is 9.37. The lowest BCUT2D eigenvalue weighted by Crippen LogP contribution is -2.38. The van der Waals surface area contributed by atoms with E-state index in [1.807, 2.05) is 39.0 Å². The summed E-state index contributed by atoms with van der Waals surface area (Å²) in [5.41, 5.74) is 8.21. The Morgan fingerprint density at radius 3 is 2.29 bits per heavy atom. The number of rotatable bonds is 6. The van der Waals surface area contributed by atoms with Crippen molar-refractivity contribution >= 4 is 29.9 Å². The van der Waals surface area contributed by atoms with Gasteiger partial charge in [0.25, 0.3) is 0 Å². The highest BCUT2D eigenvalue weighted by molar-refractivity contribution is 5.95. The molecule has 0 aliphatic heterocycles. The number of nitrogens with one attached hydrogen (secondary N) is 1. The third-order valence-corrected chi connectivity index (χ3v) is 3.17. The molecule has 0 atom stereocenters. The Morgan fingerprint density at radius 2 is 1.81 bits per heavy atom. The molecule has 0 radical (unpaired) electrons. The number of benzene rings is 1. The van der Waals surface area contributed by atoms with Gasteiger partial charge in [0.15, 0.2) is 0 Å². The lowest BCUT2D eigenvalue weighted by molar-refractivity contribution is -0.134. The molecule has 0 aromatic heterocycles. The Kier molecular flexibility index (Phi) is 8.66. The number of anilines is 1. The molecule has 0 spiro atoms. The SMILES string of the molecule is CCN(CC(=O)Nc1c(C)cccc1C)C(=O)CCN.Cl. The molecule has 0 saturated heterocycles. The molecule has 0 bridgehead atoms. The van der Waals surface area contributed by atoms with Gasteiger partial charge in [0.05, 0.1) is 6.54 Å². The largest absolute Gasteiger partial charge is 0.334 e. The zero-order valence-electron chi connectivity index (χ0n) is 12.8. The van der Waals surface area contributed by atoms with Gasteiger partial charge in [0.2, 0.25) is 11.8 Å². The molecule has 0 aliphatic carbocycles. The van der Waals surface area contributed by atoms with Crippen LogP contribution >= 0.6 is 12.4 Å². The van der Waals surface area contributed by atoms with Crippen molar-refractivity contribution in [1.82, 2.24) is 4.90 Å². The quantitative estimate of drug-likeness (QED) is 0.841. The number of aryl methyl sites for hydroxylation is 2. The maximum absolute atomic E-state index is 12.1. The lowest BCUT2D eigenvalue weighted by Gasteiger charge is -2.20. The molecule has 0 saturated carbocycles. The van der Waals surface area contributed by atoms with E-state index in [-0.39, 0.29) is 37.2 Å². The third kappa shape index (κ3) is 5.73. The first-order valence-corrected chi connectivity index (χ1v) is 6.83. The van der Waals surface area contributed by atoms with Crippen molar-refractivity contribution in [2.24, 2.45) is 5.73 Å². The fraction of sp³-hybridized carbons (Fsp3) is 0.467. The summed E-state index contributed by atoms with van der Waals surface area (Å²) in [6.07, 6.45) is 0.268. The van der Waals surface area contributed by atoms with Crippen LogP contribution in [0.2, 0.25) is 0 Å². The lowest BCUT2D eigenvalue weighted by atomic mass is 10.1. The number of nitrogens with zero attached hydrogens (tertiary/aromatic N) is 1. The van der Waals surface area contributed by atoms with E-state index in [0.717, 1.165) is 16.8 Å². The molecule has 21 heavy (non-hydrogen) atoms. The van der Waals surface area contributed by atoms with Gasteiger partial charge < -0.3 is 16.0 Å². The summed E-state index contributed by atoms with van der Waals surface area (Å²) in [6, 6.07) is 5.84. The predicted octanol–water partition coefficient (Wildman–Crippen LogP) is 1.86. The van der Waals surface area contributed by atoms with Crippen molar-refractivity contribution in [1.29, 1.82) is 0 Å². The Morgan fingerprint density at radius 1 is 1.24 bits per heavy atom. The summed E-state index contributed by atoms with van der Waals surface area (Å²) >= 11 is 0. The van der Waals surface area contributed by atoms with E-state index in [2.05, 4.69) is 5.32 Å². The summed E-state index contributed by atoms with van der Waals surface area (Å²) in [6.45, 7) is 6.59. The molecule has 0 fully saturated rings. The van der Waals surface area contributed by atoms with Gasteiger partial charge in [-0.3, -0.25) is 9.59 Å². The van der Waals surface area contributed by atoms with E-state index in [1.165, 1.54) is 4.90 Å². The summed E-state index contributed by atoms with van der Waals surface area (Å²) in [4.78, 5) is 25.3. The first-order valence-electron chi connectivity index (χ1n) is 6.83. The molecule has 0 aliphatic rings. The van der Waals surface area contributed by atoms with Gasteiger partial charge in [0, 0.05) is 25.2 Å². The number of para-hydroxylation sites is 1. The highest BCUT2D eigenvalue weighted by Crippen LogP contribution is 2.19. The van der Waals surface area contributed by atoms with Crippen LogP contribution < -0.4 is 11.1 Å². The standard InChI is InChI=1S/C15H23N3O2.ClH/c1-4-18(14(20)8-9-16)10-13(19)17-15-11(2)6-5-7-12(15)3;/h5-7H,4,8-10,16H2,1-3H3,(H,17,19);1H. The number of hydrogen-bond acceptors (Lipinski definition) is 3. The van der Waals surface area contributed by atoms with Crippen molar-refractivity contribution in [3.05, 3.63) is 29.3 Å². The second-order valence-corrected chi connectivity index (χ2v) is 4.76. The van der Waals surface area contributed by atoms with E-state index in [1.54, 1.807) is 0 Å². The monoisotopic (exact) mass is 313 g/mol. The number of likely N-dealkylation sites (N-methyl/N-ethyl adjacent to an activating group) is 1. The normalized spacial score (nSPS) is 9.71. The number of halogens is 1. The maximum Gasteiger partial charge on any atom is 0.244 e. The minimum Gasteiger partial charge on any atom is -0.334 e. The van der Waals surface area contributed by atoms with Crippen molar-refractivity contribution in [3.8, 4) is 0 Å². The number of carbonyl (C=O) groups is 2. The van der Waals surface area contributed by atoms with Gasteiger partial charge in [-0.25, -0.2) is 0 Å². The van der Waals surface area contributed by atoms with E-state index in [0.29, 0.717) is 13.1 Å². The predicted molar refractivity (Wildman–Crippen MR) is 87.7 cm³/mol. The number of hydrogen-bond donors (Lipinski definition) is 2. The van der Waals surface area contributed by atoms with Crippen molar-refractivity contribution in [2.45, 2.75) is 27.2 Å². The number of nitrogens with two attached hydrogens (primary N) is 1. The number of amides is 2. The van der Waals surface area contributed by atoms with Gasteiger partial charge in [-0.2, -0.15) is 0 Å². The summed E-state index contributed by atoms with van der Waals surface area (Å²) in [7, 11) is 0. The Hall–Kier alpha value is -1.59. The van der Waals surface area contributed by atoms with Gasteiger partial charge in [0.1, 0.15) is 0 Å². The van der Waals surface area contributed by atoms with Gasteiger partial charge in [-0.1, -0.05) is 18.2 Å². The fourth-order valence-electron chi connectivity index (χ4n) is 2.02. The minimum absolute atomic E-state index is 0. The summed E-state index contributed by atoms with van der Waals surface area (Å²) < 4.78 is 0. The van der Waals surface area contributed by atoms with E-state index in [9.17, 15) is 9.59 Å². The average Bonchev–Trinajstić information content (AvgIpc) is 2.40. The van der Waals surface area contributed by atoms with Gasteiger partial charge in [-0.05, 0) is 31.9 Å². The number of carbonyl (C=O) groups excluding carboxylic acids is 2. The molecule has 0 heterocycles. The fourth-order valence-corrected chi connectivity index (χ4v) is 2.02. The second-order valence-electron chi connectivity index (χ2n) is 4.76. The summed E-state index contributed by atoms with van der Waals surface area (Å²) in [5.74, 6) is -0.277. The van der Waals surface area contributed by atoms with Crippen molar-refractivity contribution < 1.29 is 9.59 Å². The molecule has 118 valence electrons. The first-order chi connectivity index (χ1) is 9.49. The van der Waals surface area contributed by atoms with E-state index in [4.69, 9.17) is 5.73 Å². The Labute approximate surface area is 132 Å².